The number of allylic oxidation sites excluding steroid dienone is 5. The molecule has 4 aliphatic rings. The number of hydrogen-bond acceptors (Lipinski definition) is 1. The van der Waals surface area contributed by atoms with Crippen LogP contribution >= 0.6 is 0 Å². The molecule has 0 N–H and O–H groups in total. The zero-order valence-electron chi connectivity index (χ0n) is 11.6. The molecule has 1 nitrogen and oxygen atoms in total. The van der Waals surface area contributed by atoms with Crippen LogP contribution in [0.3, 0.4) is 0 Å². The third-order valence-electron chi connectivity index (χ3n) is 5.16. The van der Waals surface area contributed by atoms with Gasteiger partial charge in [0, 0.05) is 17.3 Å². The van der Waals surface area contributed by atoms with Crippen LogP contribution < -0.4 is 0 Å². The minimum Gasteiger partial charge on any atom is -0.338 e. The van der Waals surface area contributed by atoms with Crippen molar-refractivity contribution in [1.29, 1.82) is 0 Å². The van der Waals surface area contributed by atoms with Gasteiger partial charge in [-0.15, -0.1) is 0 Å². The van der Waals surface area contributed by atoms with Crippen LogP contribution in [-0.2, 0) is 0 Å². The lowest BCUT2D eigenvalue weighted by atomic mass is 9.83. The lowest BCUT2D eigenvalue weighted by Gasteiger charge is -2.34. The maximum Gasteiger partial charge on any atom is 0.0585 e. The monoisotopic (exact) mass is 253 g/mol. The molecule has 3 aliphatic carbocycles. The van der Waals surface area contributed by atoms with Crippen LogP contribution in [0.15, 0.2) is 47.3 Å². The van der Waals surface area contributed by atoms with Crippen LogP contribution in [0.2, 0.25) is 0 Å². The molecule has 19 heavy (non-hydrogen) atoms. The third kappa shape index (κ3) is 1.82. The topological polar surface area (TPSA) is 3.24 Å². The molecular weight excluding hydrogens is 230 g/mol. The van der Waals surface area contributed by atoms with E-state index in [0.717, 1.165) is 5.92 Å². The molecule has 2 unspecified atom stereocenters. The van der Waals surface area contributed by atoms with Crippen molar-refractivity contribution >= 4 is 0 Å². The number of rotatable bonds is 1. The second kappa shape index (κ2) is 4.70. The summed E-state index contributed by atoms with van der Waals surface area (Å²) < 4.78 is 0. The second-order valence-electron chi connectivity index (χ2n) is 6.27. The Morgan fingerprint density at radius 2 is 2.00 bits per heavy atom. The van der Waals surface area contributed by atoms with Crippen molar-refractivity contribution in [2.24, 2.45) is 5.92 Å². The summed E-state index contributed by atoms with van der Waals surface area (Å²) in [5, 5.41) is 0. The normalized spacial score (nSPS) is 33.3. The maximum absolute atomic E-state index is 2.68. The molecule has 100 valence electrons. The highest BCUT2D eigenvalue weighted by atomic mass is 15.2. The minimum atomic E-state index is 0.630. The molecular formula is C18H23N. The van der Waals surface area contributed by atoms with Gasteiger partial charge in [-0.05, 0) is 63.0 Å². The molecule has 1 heteroatoms. The summed E-state index contributed by atoms with van der Waals surface area (Å²) in [6, 6.07) is 0.630. The van der Waals surface area contributed by atoms with E-state index in [1.54, 1.807) is 17.0 Å². The van der Waals surface area contributed by atoms with E-state index >= 15 is 0 Å². The van der Waals surface area contributed by atoms with Gasteiger partial charge in [0.15, 0.2) is 0 Å². The van der Waals surface area contributed by atoms with Gasteiger partial charge in [0.05, 0.1) is 6.04 Å². The zero-order chi connectivity index (χ0) is 12.7. The molecule has 1 aliphatic heterocycles. The first-order chi connectivity index (χ1) is 9.45. The van der Waals surface area contributed by atoms with Gasteiger partial charge in [-0.2, -0.15) is 0 Å². The molecule has 4 rings (SSSR count). The van der Waals surface area contributed by atoms with Crippen LogP contribution in [0, 0.1) is 5.92 Å². The first kappa shape index (κ1) is 11.6. The van der Waals surface area contributed by atoms with Crippen molar-refractivity contribution in [2.75, 3.05) is 0 Å². The predicted octanol–water partition coefficient (Wildman–Crippen LogP) is 4.70. The summed E-state index contributed by atoms with van der Waals surface area (Å²) >= 11 is 0. The lowest BCUT2D eigenvalue weighted by molar-refractivity contribution is 0.310. The average Bonchev–Trinajstić information content (AvgIpc) is 2.83. The largest absolute Gasteiger partial charge is 0.338 e. The van der Waals surface area contributed by atoms with E-state index in [2.05, 4.69) is 35.3 Å². The summed E-state index contributed by atoms with van der Waals surface area (Å²) in [5.74, 6) is 0.799. The lowest BCUT2D eigenvalue weighted by Crippen LogP contribution is -2.33. The molecule has 0 aromatic rings. The molecule has 2 atom stereocenters. The highest BCUT2D eigenvalue weighted by Crippen LogP contribution is 2.47. The minimum absolute atomic E-state index is 0.630. The Hall–Kier alpha value is -1.24. The van der Waals surface area contributed by atoms with Gasteiger partial charge in [-0.3, -0.25) is 0 Å². The summed E-state index contributed by atoms with van der Waals surface area (Å²) in [6.07, 6.45) is 22.6. The third-order valence-corrected chi connectivity index (χ3v) is 5.16. The van der Waals surface area contributed by atoms with Crippen molar-refractivity contribution < 1.29 is 0 Å². The summed E-state index contributed by atoms with van der Waals surface area (Å²) in [4.78, 5) is 2.68. The molecule has 0 fully saturated rings. The smallest absolute Gasteiger partial charge is 0.0585 e. The summed E-state index contributed by atoms with van der Waals surface area (Å²) in [5.41, 5.74) is 4.91. The SMILES string of the molecule is C1=CC2=C(CC1)C1CCC=CC1N2C1=CCCCC1. The van der Waals surface area contributed by atoms with Crippen LogP contribution in [0.4, 0.5) is 0 Å². The molecule has 0 saturated carbocycles. The number of nitrogens with zero attached hydrogens (tertiary/aromatic N) is 1. The fraction of sp³-hybridized carbons (Fsp3) is 0.556. The predicted molar refractivity (Wildman–Crippen MR) is 79.4 cm³/mol. The number of hydrogen-bond donors (Lipinski definition) is 0. The summed E-state index contributed by atoms with van der Waals surface area (Å²) in [7, 11) is 0. The van der Waals surface area contributed by atoms with Gasteiger partial charge in [0.1, 0.15) is 0 Å². The fourth-order valence-electron chi connectivity index (χ4n) is 4.29. The number of fused-ring (bicyclic) bond motifs is 2. The zero-order valence-corrected chi connectivity index (χ0v) is 11.6. The Kier molecular flexibility index (Phi) is 2.86. The van der Waals surface area contributed by atoms with Crippen molar-refractivity contribution in [3.63, 3.8) is 0 Å². The van der Waals surface area contributed by atoms with Crippen molar-refractivity contribution in [3.8, 4) is 0 Å². The van der Waals surface area contributed by atoms with Gasteiger partial charge in [-0.25, -0.2) is 0 Å². The Morgan fingerprint density at radius 1 is 1.00 bits per heavy atom. The van der Waals surface area contributed by atoms with E-state index < -0.39 is 0 Å². The Morgan fingerprint density at radius 3 is 2.89 bits per heavy atom. The molecule has 0 radical (unpaired) electrons. The maximum atomic E-state index is 2.68. The first-order valence-corrected chi connectivity index (χ1v) is 7.99. The van der Waals surface area contributed by atoms with E-state index in [1.165, 1.54) is 51.4 Å². The highest BCUT2D eigenvalue weighted by molar-refractivity contribution is 5.42. The molecule has 1 heterocycles. The molecule has 0 bridgehead atoms. The standard InChI is InChI=1S/C18H23N/c1-2-8-14(9-3-1)19-17-12-6-4-10-15(17)16-11-5-7-13-18(16)19/h6-8,12-13,15,17H,1-5,9-11H2. The van der Waals surface area contributed by atoms with Crippen LogP contribution in [0.1, 0.15) is 51.4 Å². The van der Waals surface area contributed by atoms with Crippen molar-refractivity contribution in [1.82, 2.24) is 4.90 Å². The second-order valence-corrected chi connectivity index (χ2v) is 6.27. The Labute approximate surface area is 116 Å². The quantitative estimate of drug-likeness (QED) is 0.612. The van der Waals surface area contributed by atoms with E-state index in [-0.39, 0.29) is 0 Å². The van der Waals surface area contributed by atoms with E-state index in [4.69, 9.17) is 0 Å². The van der Waals surface area contributed by atoms with Crippen LogP contribution in [0.25, 0.3) is 0 Å². The first-order valence-electron chi connectivity index (χ1n) is 7.99. The van der Waals surface area contributed by atoms with Crippen LogP contribution in [-0.4, -0.2) is 10.9 Å². The van der Waals surface area contributed by atoms with E-state index in [0.29, 0.717) is 6.04 Å². The molecule has 0 saturated heterocycles. The highest BCUT2D eigenvalue weighted by Gasteiger charge is 2.40. The summed E-state index contributed by atoms with van der Waals surface area (Å²) in [6.45, 7) is 0. The van der Waals surface area contributed by atoms with Crippen molar-refractivity contribution in [2.45, 2.75) is 57.4 Å². The van der Waals surface area contributed by atoms with Gasteiger partial charge in [-0.1, -0.05) is 24.3 Å². The molecule has 0 amide bonds. The fourth-order valence-corrected chi connectivity index (χ4v) is 4.29. The van der Waals surface area contributed by atoms with Gasteiger partial charge < -0.3 is 4.90 Å². The van der Waals surface area contributed by atoms with Gasteiger partial charge in [0.25, 0.3) is 0 Å². The van der Waals surface area contributed by atoms with Crippen LogP contribution in [0.5, 0.6) is 0 Å². The Bertz CT molecular complexity index is 492. The molecule has 0 aromatic heterocycles. The molecule has 0 aromatic carbocycles. The average molecular weight is 253 g/mol. The van der Waals surface area contributed by atoms with Crippen molar-refractivity contribution in [3.05, 3.63) is 47.3 Å². The van der Waals surface area contributed by atoms with Gasteiger partial charge in [0.2, 0.25) is 0 Å². The van der Waals surface area contributed by atoms with E-state index in [1.807, 2.05) is 0 Å². The Balaban J connectivity index is 1.76. The molecule has 0 spiro atoms. The van der Waals surface area contributed by atoms with E-state index in [9.17, 15) is 0 Å². The van der Waals surface area contributed by atoms with Gasteiger partial charge >= 0.3 is 0 Å².